The highest BCUT2D eigenvalue weighted by Crippen LogP contribution is 2.19. The van der Waals surface area contributed by atoms with E-state index in [-0.39, 0.29) is 17.5 Å². The largest absolute Gasteiger partial charge is 0.328 e. The normalized spacial score (nSPS) is 10.8. The van der Waals surface area contributed by atoms with Crippen molar-refractivity contribution in [3.63, 3.8) is 0 Å². The van der Waals surface area contributed by atoms with E-state index in [4.69, 9.17) is 4.52 Å². The van der Waals surface area contributed by atoms with E-state index in [0.29, 0.717) is 17.1 Å². The number of benzene rings is 2. The number of amides is 1. The molecule has 0 aliphatic heterocycles. The molecule has 0 fully saturated rings. The summed E-state index contributed by atoms with van der Waals surface area (Å²) in [5.74, 6) is -0.924. The van der Waals surface area contributed by atoms with Crippen molar-refractivity contribution in [2.24, 2.45) is 0 Å². The molecule has 2 heterocycles. The smallest absolute Gasteiger partial charge is 0.316 e. The number of carbonyl (C=O) groups excluding carboxylic acids is 1. The van der Waals surface area contributed by atoms with Crippen molar-refractivity contribution < 1.29 is 13.7 Å². The predicted molar refractivity (Wildman–Crippen MR) is 98.5 cm³/mol. The first-order valence-electron chi connectivity index (χ1n) is 8.40. The fourth-order valence-electron chi connectivity index (χ4n) is 2.55. The van der Waals surface area contributed by atoms with Gasteiger partial charge in [-0.25, -0.2) is 9.07 Å². The Morgan fingerprint density at radius 3 is 2.71 bits per heavy atom. The van der Waals surface area contributed by atoms with E-state index >= 15 is 0 Å². The molecule has 0 saturated heterocycles. The third-order valence-corrected chi connectivity index (χ3v) is 4.08. The predicted octanol–water partition coefficient (Wildman–Crippen LogP) is 3.33. The average Bonchev–Trinajstić information content (AvgIpc) is 3.35. The van der Waals surface area contributed by atoms with Crippen molar-refractivity contribution >= 4 is 11.6 Å². The average molecular weight is 378 g/mol. The summed E-state index contributed by atoms with van der Waals surface area (Å²) in [5.41, 5.74) is 3.55. The molecule has 0 aliphatic rings. The molecule has 2 aromatic heterocycles. The molecule has 1 N–H and O–H groups in total. The fraction of sp³-hybridized carbons (Fsp3) is 0.105. The number of rotatable bonds is 4. The molecular formula is C19H15FN6O2. The third kappa shape index (κ3) is 3.50. The van der Waals surface area contributed by atoms with Crippen LogP contribution in [-0.4, -0.2) is 31.0 Å². The van der Waals surface area contributed by atoms with E-state index in [1.807, 2.05) is 32.0 Å². The van der Waals surface area contributed by atoms with Gasteiger partial charge in [-0.3, -0.25) is 4.79 Å². The van der Waals surface area contributed by atoms with E-state index in [1.54, 1.807) is 18.3 Å². The summed E-state index contributed by atoms with van der Waals surface area (Å²) in [6.45, 7) is 3.83. The maximum atomic E-state index is 13.0. The van der Waals surface area contributed by atoms with Gasteiger partial charge in [-0.15, -0.1) is 5.10 Å². The van der Waals surface area contributed by atoms with Gasteiger partial charge < -0.3 is 9.84 Å². The fourth-order valence-corrected chi connectivity index (χ4v) is 2.55. The van der Waals surface area contributed by atoms with E-state index in [2.05, 4.69) is 25.8 Å². The number of halogens is 1. The highest BCUT2D eigenvalue weighted by molar-refractivity contribution is 6.01. The zero-order valence-corrected chi connectivity index (χ0v) is 15.0. The standard InChI is InChI=1S/C19H15FN6O2/c1-11-3-4-12(2)15(9-11)21-18(27)19-22-17(24-28-19)16-10-26(25-23-16)14-7-5-13(20)6-8-14/h3-10H,1-2H3,(H,21,27). The molecule has 4 rings (SSSR count). The number of carbonyl (C=O) groups is 1. The van der Waals surface area contributed by atoms with Gasteiger partial charge in [0.1, 0.15) is 5.82 Å². The van der Waals surface area contributed by atoms with Crippen molar-refractivity contribution in [1.29, 1.82) is 0 Å². The zero-order valence-electron chi connectivity index (χ0n) is 15.0. The van der Waals surface area contributed by atoms with Crippen LogP contribution in [0.1, 0.15) is 21.8 Å². The summed E-state index contributed by atoms with van der Waals surface area (Å²) in [7, 11) is 0. The van der Waals surface area contributed by atoms with Crippen molar-refractivity contribution in [1.82, 2.24) is 25.1 Å². The van der Waals surface area contributed by atoms with Gasteiger partial charge in [0.2, 0.25) is 5.82 Å². The van der Waals surface area contributed by atoms with Crippen LogP contribution in [0.4, 0.5) is 10.1 Å². The maximum Gasteiger partial charge on any atom is 0.316 e. The molecule has 0 spiro atoms. The van der Waals surface area contributed by atoms with Crippen LogP contribution in [0.2, 0.25) is 0 Å². The van der Waals surface area contributed by atoms with Crippen molar-refractivity contribution in [3.8, 4) is 17.2 Å². The van der Waals surface area contributed by atoms with Crippen LogP contribution >= 0.6 is 0 Å². The lowest BCUT2D eigenvalue weighted by molar-refractivity contribution is 0.0981. The minimum absolute atomic E-state index is 0.125. The van der Waals surface area contributed by atoms with Gasteiger partial charge in [0, 0.05) is 5.69 Å². The Bertz CT molecular complexity index is 1150. The molecule has 8 nitrogen and oxygen atoms in total. The third-order valence-electron chi connectivity index (χ3n) is 4.08. The van der Waals surface area contributed by atoms with Crippen LogP contribution < -0.4 is 5.32 Å². The van der Waals surface area contributed by atoms with E-state index < -0.39 is 5.91 Å². The van der Waals surface area contributed by atoms with Gasteiger partial charge in [-0.05, 0) is 55.3 Å². The minimum Gasteiger partial charge on any atom is -0.328 e. The van der Waals surface area contributed by atoms with Crippen LogP contribution in [-0.2, 0) is 0 Å². The summed E-state index contributed by atoms with van der Waals surface area (Å²) >= 11 is 0. The molecule has 0 atom stereocenters. The van der Waals surface area contributed by atoms with Crippen LogP contribution in [0.15, 0.2) is 53.2 Å². The van der Waals surface area contributed by atoms with E-state index in [1.165, 1.54) is 16.8 Å². The Morgan fingerprint density at radius 1 is 1.14 bits per heavy atom. The number of anilines is 1. The molecule has 0 aliphatic carbocycles. The van der Waals surface area contributed by atoms with Gasteiger partial charge in [0.15, 0.2) is 5.69 Å². The van der Waals surface area contributed by atoms with Crippen molar-refractivity contribution in [2.45, 2.75) is 13.8 Å². The summed E-state index contributed by atoms with van der Waals surface area (Å²) < 4.78 is 19.5. The Balaban J connectivity index is 1.53. The van der Waals surface area contributed by atoms with Gasteiger partial charge in [0.05, 0.1) is 11.9 Å². The van der Waals surface area contributed by atoms with Crippen LogP contribution in [0.3, 0.4) is 0 Å². The molecule has 0 saturated carbocycles. The molecule has 0 radical (unpaired) electrons. The minimum atomic E-state index is -0.515. The molecule has 0 bridgehead atoms. The highest BCUT2D eigenvalue weighted by Gasteiger charge is 2.19. The van der Waals surface area contributed by atoms with Gasteiger partial charge >= 0.3 is 11.8 Å². The molecule has 0 unspecified atom stereocenters. The number of aryl methyl sites for hydroxylation is 2. The second-order valence-corrected chi connectivity index (χ2v) is 6.22. The molecule has 9 heteroatoms. The lowest BCUT2D eigenvalue weighted by atomic mass is 10.1. The molecule has 28 heavy (non-hydrogen) atoms. The zero-order chi connectivity index (χ0) is 19.7. The van der Waals surface area contributed by atoms with Gasteiger partial charge in [0.25, 0.3) is 0 Å². The van der Waals surface area contributed by atoms with E-state index in [0.717, 1.165) is 11.1 Å². The van der Waals surface area contributed by atoms with Gasteiger partial charge in [-0.1, -0.05) is 22.5 Å². The van der Waals surface area contributed by atoms with Crippen LogP contribution in [0.25, 0.3) is 17.2 Å². The second-order valence-electron chi connectivity index (χ2n) is 6.22. The van der Waals surface area contributed by atoms with Crippen molar-refractivity contribution in [2.75, 3.05) is 5.32 Å². The summed E-state index contributed by atoms with van der Waals surface area (Å²) in [6.07, 6.45) is 1.56. The van der Waals surface area contributed by atoms with Crippen molar-refractivity contribution in [3.05, 3.63) is 71.5 Å². The lowest BCUT2D eigenvalue weighted by Crippen LogP contribution is -2.13. The topological polar surface area (TPSA) is 98.7 Å². The number of nitrogens with one attached hydrogen (secondary N) is 1. The summed E-state index contributed by atoms with van der Waals surface area (Å²) in [5, 5.41) is 14.5. The van der Waals surface area contributed by atoms with Crippen LogP contribution in [0, 0.1) is 19.7 Å². The quantitative estimate of drug-likeness (QED) is 0.585. The first kappa shape index (κ1) is 17.5. The number of hydrogen-bond acceptors (Lipinski definition) is 6. The summed E-state index contributed by atoms with van der Waals surface area (Å²) in [6, 6.07) is 11.5. The molecular weight excluding hydrogens is 363 g/mol. The number of hydrogen-bond donors (Lipinski definition) is 1. The first-order chi connectivity index (χ1) is 13.5. The molecule has 1 amide bonds. The SMILES string of the molecule is Cc1ccc(C)c(NC(=O)c2nc(-c3cn(-c4ccc(F)cc4)nn3)no2)c1. The van der Waals surface area contributed by atoms with Gasteiger partial charge in [-0.2, -0.15) is 4.98 Å². The molecule has 2 aromatic carbocycles. The lowest BCUT2D eigenvalue weighted by Gasteiger charge is -2.06. The highest BCUT2D eigenvalue weighted by atomic mass is 19.1. The first-order valence-corrected chi connectivity index (χ1v) is 8.40. The maximum absolute atomic E-state index is 13.0. The van der Waals surface area contributed by atoms with Crippen LogP contribution in [0.5, 0.6) is 0 Å². The Labute approximate surface area is 159 Å². The van der Waals surface area contributed by atoms with E-state index in [9.17, 15) is 9.18 Å². The molecule has 140 valence electrons. The Morgan fingerprint density at radius 2 is 1.93 bits per heavy atom. The Hall–Kier alpha value is -3.88. The Kier molecular flexibility index (Phi) is 4.40. The molecule has 4 aromatic rings. The number of nitrogens with zero attached hydrogens (tertiary/aromatic N) is 5. The monoisotopic (exact) mass is 378 g/mol. The number of aromatic nitrogens is 5. The summed E-state index contributed by atoms with van der Waals surface area (Å²) in [4.78, 5) is 16.5. The second kappa shape index (κ2) is 7.03.